The highest BCUT2D eigenvalue weighted by atomic mass is 16.3. The van der Waals surface area contributed by atoms with E-state index in [4.69, 9.17) is 0 Å². The highest BCUT2D eigenvalue weighted by molar-refractivity contribution is 5.53. The summed E-state index contributed by atoms with van der Waals surface area (Å²) in [7, 11) is 2.02. The van der Waals surface area contributed by atoms with Crippen LogP contribution >= 0.6 is 0 Å². The Kier molecular flexibility index (Phi) is 5.29. The number of benzene rings is 1. The largest absolute Gasteiger partial charge is 0.508 e. The van der Waals surface area contributed by atoms with E-state index in [0.29, 0.717) is 5.75 Å². The minimum atomic E-state index is 0.191. The first-order chi connectivity index (χ1) is 8.10. The van der Waals surface area contributed by atoms with Gasteiger partial charge in [-0.1, -0.05) is 13.0 Å². The zero-order valence-electron chi connectivity index (χ0n) is 11.3. The first-order valence-corrected chi connectivity index (χ1v) is 6.37. The monoisotopic (exact) mass is 236 g/mol. The van der Waals surface area contributed by atoms with E-state index < -0.39 is 0 Å². The summed E-state index contributed by atoms with van der Waals surface area (Å²) in [5.41, 5.74) is 2.02. The third-order valence-corrected chi connectivity index (χ3v) is 3.10. The molecule has 0 radical (unpaired) electrons. The van der Waals surface area contributed by atoms with Crippen molar-refractivity contribution in [1.82, 2.24) is 5.32 Å². The number of hydrogen-bond donors (Lipinski definition) is 2. The summed E-state index contributed by atoms with van der Waals surface area (Å²) in [5, 5.41) is 13.4. The molecule has 96 valence electrons. The maximum Gasteiger partial charge on any atom is 0.122 e. The lowest BCUT2D eigenvalue weighted by atomic mass is 10.1. The summed E-state index contributed by atoms with van der Waals surface area (Å²) < 4.78 is 0. The summed E-state index contributed by atoms with van der Waals surface area (Å²) in [5.74, 6) is 0.374. The van der Waals surface area contributed by atoms with Gasteiger partial charge in [-0.3, -0.25) is 0 Å². The summed E-state index contributed by atoms with van der Waals surface area (Å²) >= 11 is 0. The van der Waals surface area contributed by atoms with Crippen molar-refractivity contribution in [2.75, 3.05) is 25.0 Å². The quantitative estimate of drug-likeness (QED) is 0.797. The Balaban J connectivity index is 2.82. The van der Waals surface area contributed by atoms with Crippen LogP contribution < -0.4 is 10.2 Å². The van der Waals surface area contributed by atoms with Crippen molar-refractivity contribution in [1.29, 1.82) is 0 Å². The van der Waals surface area contributed by atoms with Gasteiger partial charge in [0.15, 0.2) is 0 Å². The first-order valence-electron chi connectivity index (χ1n) is 6.37. The lowest BCUT2D eigenvalue weighted by Gasteiger charge is -2.20. The topological polar surface area (TPSA) is 35.5 Å². The Morgan fingerprint density at radius 2 is 2.06 bits per heavy atom. The second kappa shape index (κ2) is 6.50. The number of aromatic hydroxyl groups is 1. The van der Waals surface area contributed by atoms with Gasteiger partial charge in [-0.15, -0.1) is 0 Å². The molecule has 1 aromatic rings. The van der Waals surface area contributed by atoms with Gasteiger partial charge in [0.1, 0.15) is 5.75 Å². The SMILES string of the molecule is CCCNC(C)c1ccc(N(C)CC)cc1O. The fraction of sp³-hybridized carbons (Fsp3) is 0.571. The Hall–Kier alpha value is -1.22. The lowest BCUT2D eigenvalue weighted by Crippen LogP contribution is -2.20. The van der Waals surface area contributed by atoms with Crippen molar-refractivity contribution < 1.29 is 5.11 Å². The maximum atomic E-state index is 10.0. The fourth-order valence-corrected chi connectivity index (χ4v) is 1.79. The molecule has 1 unspecified atom stereocenters. The highest BCUT2D eigenvalue weighted by Gasteiger charge is 2.10. The third-order valence-electron chi connectivity index (χ3n) is 3.10. The molecule has 0 saturated carbocycles. The number of hydrogen-bond acceptors (Lipinski definition) is 3. The van der Waals surface area contributed by atoms with Crippen molar-refractivity contribution >= 4 is 5.69 Å². The molecular weight excluding hydrogens is 212 g/mol. The molecule has 0 aliphatic heterocycles. The van der Waals surface area contributed by atoms with Gasteiger partial charge < -0.3 is 15.3 Å². The fourth-order valence-electron chi connectivity index (χ4n) is 1.79. The molecule has 3 nitrogen and oxygen atoms in total. The van der Waals surface area contributed by atoms with Gasteiger partial charge >= 0.3 is 0 Å². The van der Waals surface area contributed by atoms with Gasteiger partial charge in [0.25, 0.3) is 0 Å². The summed E-state index contributed by atoms with van der Waals surface area (Å²) in [6.07, 6.45) is 1.10. The van der Waals surface area contributed by atoms with Gasteiger partial charge in [0.05, 0.1) is 0 Å². The van der Waals surface area contributed by atoms with Crippen molar-refractivity contribution in [2.45, 2.75) is 33.2 Å². The average molecular weight is 236 g/mol. The van der Waals surface area contributed by atoms with Crippen LogP contribution in [0.1, 0.15) is 38.8 Å². The number of anilines is 1. The van der Waals surface area contributed by atoms with E-state index in [-0.39, 0.29) is 6.04 Å². The van der Waals surface area contributed by atoms with Crippen LogP contribution in [-0.2, 0) is 0 Å². The van der Waals surface area contributed by atoms with Crippen LogP contribution in [0.4, 0.5) is 5.69 Å². The van der Waals surface area contributed by atoms with Crippen molar-refractivity contribution in [3.63, 3.8) is 0 Å². The zero-order valence-corrected chi connectivity index (χ0v) is 11.3. The van der Waals surface area contributed by atoms with Crippen LogP contribution in [0.3, 0.4) is 0 Å². The van der Waals surface area contributed by atoms with Gasteiger partial charge in [-0.05, 0) is 32.9 Å². The van der Waals surface area contributed by atoms with Crippen molar-refractivity contribution in [3.05, 3.63) is 23.8 Å². The molecule has 3 heteroatoms. The van der Waals surface area contributed by atoms with Gasteiger partial charge in [0.2, 0.25) is 0 Å². The number of phenolic OH excluding ortho intramolecular Hbond substituents is 1. The van der Waals surface area contributed by atoms with Crippen LogP contribution in [0.25, 0.3) is 0 Å². The molecule has 0 saturated heterocycles. The smallest absolute Gasteiger partial charge is 0.122 e. The minimum absolute atomic E-state index is 0.191. The molecule has 0 aromatic heterocycles. The molecule has 0 aliphatic rings. The molecule has 0 fully saturated rings. The molecule has 0 amide bonds. The predicted molar refractivity (Wildman–Crippen MR) is 73.8 cm³/mol. The van der Waals surface area contributed by atoms with Crippen molar-refractivity contribution in [3.8, 4) is 5.75 Å². The van der Waals surface area contributed by atoms with Crippen LogP contribution in [0.5, 0.6) is 5.75 Å². The Bertz CT molecular complexity index is 352. The molecule has 0 heterocycles. The molecule has 0 aliphatic carbocycles. The van der Waals surface area contributed by atoms with Crippen LogP contribution in [-0.4, -0.2) is 25.2 Å². The number of phenols is 1. The average Bonchev–Trinajstić information content (AvgIpc) is 2.34. The van der Waals surface area contributed by atoms with E-state index in [1.807, 2.05) is 19.2 Å². The second-order valence-electron chi connectivity index (χ2n) is 4.43. The van der Waals surface area contributed by atoms with E-state index in [0.717, 1.165) is 30.8 Å². The van der Waals surface area contributed by atoms with Crippen LogP contribution in [0.2, 0.25) is 0 Å². The normalized spacial score (nSPS) is 12.5. The summed E-state index contributed by atoms with van der Waals surface area (Å²) in [6.45, 7) is 8.21. The molecule has 1 atom stereocenters. The van der Waals surface area contributed by atoms with E-state index >= 15 is 0 Å². The minimum Gasteiger partial charge on any atom is -0.508 e. The van der Waals surface area contributed by atoms with Gasteiger partial charge in [-0.25, -0.2) is 0 Å². The second-order valence-corrected chi connectivity index (χ2v) is 4.43. The lowest BCUT2D eigenvalue weighted by molar-refractivity contribution is 0.452. The third kappa shape index (κ3) is 3.63. The number of nitrogens with zero attached hydrogens (tertiary/aromatic N) is 1. The molecule has 1 rings (SSSR count). The van der Waals surface area contributed by atoms with E-state index in [2.05, 4.69) is 37.1 Å². The van der Waals surface area contributed by atoms with Crippen LogP contribution in [0, 0.1) is 0 Å². The molecule has 17 heavy (non-hydrogen) atoms. The maximum absolute atomic E-state index is 10.0. The Morgan fingerprint density at radius 3 is 2.59 bits per heavy atom. The number of nitrogens with one attached hydrogen (secondary N) is 1. The Morgan fingerprint density at radius 1 is 1.35 bits per heavy atom. The van der Waals surface area contributed by atoms with E-state index in [9.17, 15) is 5.11 Å². The van der Waals surface area contributed by atoms with Crippen LogP contribution in [0.15, 0.2) is 18.2 Å². The molecule has 2 N–H and O–H groups in total. The van der Waals surface area contributed by atoms with Gasteiger partial charge in [0, 0.05) is 37.0 Å². The van der Waals surface area contributed by atoms with E-state index in [1.54, 1.807) is 0 Å². The summed E-state index contributed by atoms with van der Waals surface area (Å²) in [6, 6.07) is 6.09. The molecule has 0 bridgehead atoms. The highest BCUT2D eigenvalue weighted by Crippen LogP contribution is 2.28. The van der Waals surface area contributed by atoms with E-state index in [1.165, 1.54) is 0 Å². The molecule has 1 aromatic carbocycles. The predicted octanol–water partition coefficient (Wildman–Crippen LogP) is 2.91. The summed E-state index contributed by atoms with van der Waals surface area (Å²) in [4.78, 5) is 2.10. The first kappa shape index (κ1) is 13.8. The zero-order chi connectivity index (χ0) is 12.8. The van der Waals surface area contributed by atoms with Gasteiger partial charge in [-0.2, -0.15) is 0 Å². The standard InChI is InChI=1S/C14H24N2O/c1-5-9-15-11(3)13-8-7-12(10-14(13)17)16(4)6-2/h7-8,10-11,15,17H,5-6,9H2,1-4H3. The molecular formula is C14H24N2O. The number of rotatable bonds is 6. The van der Waals surface area contributed by atoms with Crippen molar-refractivity contribution in [2.24, 2.45) is 0 Å². The molecule has 0 spiro atoms. The Labute approximate surface area is 104 Å².